The first-order valence-corrected chi connectivity index (χ1v) is 7.07. The number of halogens is 3. The van der Waals surface area contributed by atoms with Gasteiger partial charge >= 0.3 is 6.18 Å². The van der Waals surface area contributed by atoms with Crippen molar-refractivity contribution in [3.05, 3.63) is 5.82 Å². The van der Waals surface area contributed by atoms with Gasteiger partial charge in [-0.2, -0.15) is 18.0 Å². The zero-order valence-electron chi connectivity index (χ0n) is 10.7. The Bertz CT molecular complexity index is 631. The number of aromatic nitrogens is 7. The third kappa shape index (κ3) is 3.43. The monoisotopic (exact) mass is 320 g/mol. The molecule has 0 aliphatic heterocycles. The highest BCUT2D eigenvalue weighted by Gasteiger charge is 2.30. The number of anilines is 1. The third-order valence-corrected chi connectivity index (χ3v) is 3.69. The average molecular weight is 320 g/mol. The number of rotatable bonds is 5. The molecule has 0 unspecified atom stereocenters. The van der Waals surface area contributed by atoms with E-state index in [1.165, 1.54) is 11.8 Å². The lowest BCUT2D eigenvalue weighted by Crippen LogP contribution is -2.19. The number of thioether (sulfide) groups is 1. The van der Waals surface area contributed by atoms with Crippen LogP contribution in [0.15, 0.2) is 5.16 Å². The van der Waals surface area contributed by atoms with Gasteiger partial charge in [0.15, 0.2) is 17.5 Å². The van der Waals surface area contributed by atoms with Gasteiger partial charge in [0.2, 0.25) is 5.95 Å². The smallest absolute Gasteiger partial charge is 0.368 e. The molecule has 0 bridgehead atoms. The van der Waals surface area contributed by atoms with Gasteiger partial charge < -0.3 is 5.73 Å². The van der Waals surface area contributed by atoms with E-state index in [2.05, 4.69) is 25.6 Å². The number of alkyl halides is 3. The molecule has 3 rings (SSSR count). The standard InChI is InChI=1S/C9H11F3N8S/c10-9(11,12)4-19-17-6(14-18-19)3-21-8-16-15-7(13)20(8)5-1-2-5/h5H,1-4H2,(H2,13,15). The highest BCUT2D eigenvalue weighted by Crippen LogP contribution is 2.39. The SMILES string of the molecule is Nc1nnc(SCc2nnn(CC(F)(F)F)n2)n1C1CC1. The van der Waals surface area contributed by atoms with Gasteiger partial charge in [-0.15, -0.1) is 20.4 Å². The van der Waals surface area contributed by atoms with E-state index < -0.39 is 12.7 Å². The summed E-state index contributed by atoms with van der Waals surface area (Å²) in [5, 5.41) is 19.0. The van der Waals surface area contributed by atoms with Crippen LogP contribution in [0.25, 0.3) is 0 Å². The Balaban J connectivity index is 1.63. The summed E-state index contributed by atoms with van der Waals surface area (Å²) in [6.07, 6.45) is -2.32. The van der Waals surface area contributed by atoms with Crippen molar-refractivity contribution in [1.82, 2.24) is 35.0 Å². The molecule has 12 heteroatoms. The van der Waals surface area contributed by atoms with Crippen molar-refractivity contribution in [2.24, 2.45) is 0 Å². The minimum atomic E-state index is -4.37. The van der Waals surface area contributed by atoms with Gasteiger partial charge in [0.1, 0.15) is 0 Å². The Morgan fingerprint density at radius 2 is 2.00 bits per heavy atom. The second-order valence-electron chi connectivity index (χ2n) is 4.58. The Labute approximate surface area is 120 Å². The molecule has 21 heavy (non-hydrogen) atoms. The maximum absolute atomic E-state index is 12.2. The van der Waals surface area contributed by atoms with Crippen molar-refractivity contribution in [3.63, 3.8) is 0 Å². The molecule has 1 aliphatic rings. The third-order valence-electron chi connectivity index (χ3n) is 2.75. The van der Waals surface area contributed by atoms with Crippen LogP contribution >= 0.6 is 11.8 Å². The van der Waals surface area contributed by atoms with E-state index in [0.29, 0.717) is 21.9 Å². The van der Waals surface area contributed by atoms with Crippen LogP contribution in [0.5, 0.6) is 0 Å². The first kappa shape index (κ1) is 14.1. The zero-order valence-corrected chi connectivity index (χ0v) is 11.5. The van der Waals surface area contributed by atoms with Gasteiger partial charge in [-0.1, -0.05) is 11.8 Å². The molecule has 2 N–H and O–H groups in total. The van der Waals surface area contributed by atoms with Crippen LogP contribution in [0.2, 0.25) is 0 Å². The topological polar surface area (TPSA) is 100 Å². The quantitative estimate of drug-likeness (QED) is 0.821. The van der Waals surface area contributed by atoms with Crippen LogP contribution in [0, 0.1) is 0 Å². The van der Waals surface area contributed by atoms with Crippen LogP contribution in [0.1, 0.15) is 24.7 Å². The van der Waals surface area contributed by atoms with Crippen molar-refractivity contribution in [3.8, 4) is 0 Å². The van der Waals surface area contributed by atoms with Gasteiger partial charge in [0, 0.05) is 6.04 Å². The molecule has 0 radical (unpaired) electrons. The normalized spacial score (nSPS) is 15.6. The molecule has 0 aromatic carbocycles. The Morgan fingerprint density at radius 1 is 1.24 bits per heavy atom. The summed E-state index contributed by atoms with van der Waals surface area (Å²) in [7, 11) is 0. The van der Waals surface area contributed by atoms with Gasteiger partial charge in [-0.3, -0.25) is 4.57 Å². The Hall–Kier alpha value is -1.85. The van der Waals surface area contributed by atoms with Crippen LogP contribution in [0.4, 0.5) is 19.1 Å². The van der Waals surface area contributed by atoms with E-state index in [4.69, 9.17) is 5.73 Å². The molecule has 0 saturated heterocycles. The predicted molar refractivity (Wildman–Crippen MR) is 66.1 cm³/mol. The number of hydrogen-bond donors (Lipinski definition) is 1. The molecule has 1 fully saturated rings. The first-order chi connectivity index (χ1) is 9.92. The van der Waals surface area contributed by atoms with Gasteiger partial charge in [-0.25, -0.2) is 0 Å². The summed E-state index contributed by atoms with van der Waals surface area (Å²) in [5.41, 5.74) is 5.73. The Morgan fingerprint density at radius 3 is 2.67 bits per heavy atom. The molecule has 0 atom stereocenters. The fourth-order valence-corrected chi connectivity index (χ4v) is 2.61. The Kier molecular flexibility index (Phi) is 3.47. The molecule has 8 nitrogen and oxygen atoms in total. The van der Waals surface area contributed by atoms with Crippen LogP contribution < -0.4 is 5.73 Å². The van der Waals surface area contributed by atoms with E-state index in [0.717, 1.165) is 12.8 Å². The lowest BCUT2D eigenvalue weighted by molar-refractivity contribution is -0.145. The molecule has 114 valence electrons. The zero-order chi connectivity index (χ0) is 15.0. The van der Waals surface area contributed by atoms with Gasteiger partial charge in [-0.05, 0) is 18.1 Å². The molecular weight excluding hydrogens is 309 g/mol. The molecule has 2 aromatic rings. The number of hydrogen-bond acceptors (Lipinski definition) is 7. The maximum atomic E-state index is 12.2. The molecule has 2 heterocycles. The van der Waals surface area contributed by atoms with Crippen molar-refractivity contribution in [2.75, 3.05) is 5.73 Å². The number of nitrogen functional groups attached to an aromatic ring is 1. The molecule has 1 saturated carbocycles. The number of nitrogens with zero attached hydrogens (tertiary/aromatic N) is 7. The van der Waals surface area contributed by atoms with Crippen LogP contribution in [-0.4, -0.2) is 41.1 Å². The summed E-state index contributed by atoms with van der Waals surface area (Å²) in [6, 6.07) is 0.316. The van der Waals surface area contributed by atoms with E-state index in [9.17, 15) is 13.2 Å². The van der Waals surface area contributed by atoms with Gasteiger partial charge in [0.05, 0.1) is 5.75 Å². The minimum Gasteiger partial charge on any atom is -0.368 e. The fourth-order valence-electron chi connectivity index (χ4n) is 1.75. The highest BCUT2D eigenvalue weighted by atomic mass is 32.2. The molecule has 1 aliphatic carbocycles. The highest BCUT2D eigenvalue weighted by molar-refractivity contribution is 7.98. The van der Waals surface area contributed by atoms with E-state index in [1.54, 1.807) is 0 Å². The maximum Gasteiger partial charge on any atom is 0.409 e. The summed E-state index contributed by atoms with van der Waals surface area (Å²) in [6.45, 7) is -1.25. The second-order valence-corrected chi connectivity index (χ2v) is 5.52. The number of tetrazole rings is 1. The van der Waals surface area contributed by atoms with E-state index >= 15 is 0 Å². The average Bonchev–Trinajstić information content (AvgIpc) is 3.01. The second kappa shape index (κ2) is 5.16. The predicted octanol–water partition coefficient (Wildman–Crippen LogP) is 1.04. The van der Waals surface area contributed by atoms with E-state index in [1.807, 2.05) is 4.57 Å². The number of nitrogens with two attached hydrogens (primary N) is 1. The minimum absolute atomic E-state index is 0.202. The molecular formula is C9H11F3N8S. The largest absolute Gasteiger partial charge is 0.409 e. The summed E-state index contributed by atoms with van der Waals surface area (Å²) >= 11 is 1.27. The van der Waals surface area contributed by atoms with Gasteiger partial charge in [0.25, 0.3) is 0 Å². The van der Waals surface area contributed by atoms with Crippen molar-refractivity contribution < 1.29 is 13.2 Å². The summed E-state index contributed by atoms with van der Waals surface area (Å²) < 4.78 is 38.4. The molecule has 0 amide bonds. The first-order valence-electron chi connectivity index (χ1n) is 6.09. The lowest BCUT2D eigenvalue weighted by atomic mass is 10.7. The van der Waals surface area contributed by atoms with Crippen molar-refractivity contribution in [1.29, 1.82) is 0 Å². The molecule has 0 spiro atoms. The van der Waals surface area contributed by atoms with Crippen LogP contribution in [-0.2, 0) is 12.3 Å². The van der Waals surface area contributed by atoms with E-state index in [-0.39, 0.29) is 11.6 Å². The lowest BCUT2D eigenvalue weighted by Gasteiger charge is -2.04. The molecule has 2 aromatic heterocycles. The summed E-state index contributed by atoms with van der Waals surface area (Å²) in [4.78, 5) is 0.524. The summed E-state index contributed by atoms with van der Waals surface area (Å²) in [5.74, 6) is 0.796. The van der Waals surface area contributed by atoms with Crippen molar-refractivity contribution >= 4 is 17.7 Å². The van der Waals surface area contributed by atoms with Crippen LogP contribution in [0.3, 0.4) is 0 Å². The fraction of sp³-hybridized carbons (Fsp3) is 0.667. The van der Waals surface area contributed by atoms with Crippen molar-refractivity contribution in [2.45, 2.75) is 42.5 Å².